The Bertz CT molecular complexity index is 988. The van der Waals surface area contributed by atoms with Gasteiger partial charge in [0.15, 0.2) is 6.61 Å². The molecular formula is C21H19ClN2O3. The Hall–Kier alpha value is -2.92. The Labute approximate surface area is 162 Å². The van der Waals surface area contributed by atoms with E-state index in [2.05, 4.69) is 10.3 Å². The number of ether oxygens (including phenoxy) is 1. The molecule has 1 aromatic heterocycles. The summed E-state index contributed by atoms with van der Waals surface area (Å²) in [5, 5.41) is 4.10. The molecule has 0 saturated carbocycles. The highest BCUT2D eigenvalue weighted by Crippen LogP contribution is 2.19. The second-order valence-electron chi connectivity index (χ2n) is 6.13. The minimum Gasteiger partial charge on any atom is -0.452 e. The number of carbonyl (C=O) groups excluding carboxylic acids is 2. The van der Waals surface area contributed by atoms with Gasteiger partial charge in [-0.05, 0) is 43.2 Å². The number of hydrogen-bond donors (Lipinski definition) is 1. The molecule has 0 bridgehead atoms. The number of para-hydroxylation sites is 1. The molecule has 27 heavy (non-hydrogen) atoms. The van der Waals surface area contributed by atoms with E-state index in [1.165, 1.54) is 0 Å². The van der Waals surface area contributed by atoms with Crippen LogP contribution in [0.5, 0.6) is 0 Å². The van der Waals surface area contributed by atoms with E-state index < -0.39 is 5.97 Å². The lowest BCUT2D eigenvalue weighted by Gasteiger charge is -2.09. The van der Waals surface area contributed by atoms with Crippen molar-refractivity contribution < 1.29 is 14.3 Å². The fraction of sp³-hybridized carbons (Fsp3) is 0.190. The number of amides is 1. The van der Waals surface area contributed by atoms with Gasteiger partial charge in [-0.25, -0.2) is 4.79 Å². The number of aryl methyl sites for hydroxylation is 1. The van der Waals surface area contributed by atoms with Crippen LogP contribution < -0.4 is 5.32 Å². The molecule has 138 valence electrons. The maximum Gasteiger partial charge on any atom is 0.339 e. The Balaban J connectivity index is 1.54. The van der Waals surface area contributed by atoms with Crippen LogP contribution in [0.25, 0.3) is 10.9 Å². The Morgan fingerprint density at radius 3 is 2.74 bits per heavy atom. The predicted octanol–water partition coefficient (Wildman–Crippen LogP) is 3.71. The standard InChI is InChI=1S/C21H19ClN2O3/c1-14-11-18(17-7-2-3-8-19(17)24-14)21(26)27-13-20(25)23-10-9-15-5-4-6-16(22)12-15/h2-8,11-12H,9-10,13H2,1H3,(H,23,25). The molecule has 0 radical (unpaired) electrons. The van der Waals surface area contributed by atoms with E-state index in [0.29, 0.717) is 34.6 Å². The van der Waals surface area contributed by atoms with Gasteiger partial charge in [-0.15, -0.1) is 0 Å². The molecule has 0 saturated heterocycles. The summed E-state index contributed by atoms with van der Waals surface area (Å²) in [6.07, 6.45) is 0.647. The van der Waals surface area contributed by atoms with Gasteiger partial charge in [0.25, 0.3) is 5.91 Å². The number of aromatic nitrogens is 1. The second kappa shape index (κ2) is 8.64. The summed E-state index contributed by atoms with van der Waals surface area (Å²) in [5.74, 6) is -0.887. The maximum atomic E-state index is 12.4. The number of nitrogens with one attached hydrogen (secondary N) is 1. The molecule has 0 spiro atoms. The van der Waals surface area contributed by atoms with Crippen LogP contribution in [-0.4, -0.2) is 30.0 Å². The molecule has 0 aliphatic carbocycles. The summed E-state index contributed by atoms with van der Waals surface area (Å²) < 4.78 is 5.17. The van der Waals surface area contributed by atoms with Crippen molar-refractivity contribution in [3.63, 3.8) is 0 Å². The van der Waals surface area contributed by atoms with Crippen LogP contribution in [0.15, 0.2) is 54.6 Å². The average Bonchev–Trinajstić information content (AvgIpc) is 2.65. The number of fused-ring (bicyclic) bond motifs is 1. The van der Waals surface area contributed by atoms with Crippen molar-refractivity contribution in [1.82, 2.24) is 10.3 Å². The first-order valence-electron chi connectivity index (χ1n) is 8.57. The largest absolute Gasteiger partial charge is 0.452 e. The van der Waals surface area contributed by atoms with Gasteiger partial charge in [0.1, 0.15) is 0 Å². The van der Waals surface area contributed by atoms with E-state index in [-0.39, 0.29) is 12.5 Å². The van der Waals surface area contributed by atoms with Crippen molar-refractivity contribution in [2.24, 2.45) is 0 Å². The highest BCUT2D eigenvalue weighted by molar-refractivity contribution is 6.30. The lowest BCUT2D eigenvalue weighted by atomic mass is 10.1. The molecule has 0 unspecified atom stereocenters. The van der Waals surface area contributed by atoms with Crippen LogP contribution in [0.1, 0.15) is 21.6 Å². The summed E-state index contributed by atoms with van der Waals surface area (Å²) in [4.78, 5) is 28.7. The van der Waals surface area contributed by atoms with Gasteiger partial charge in [0.05, 0.1) is 11.1 Å². The van der Waals surface area contributed by atoms with Gasteiger partial charge in [-0.3, -0.25) is 9.78 Å². The van der Waals surface area contributed by atoms with E-state index in [9.17, 15) is 9.59 Å². The van der Waals surface area contributed by atoms with E-state index in [1.54, 1.807) is 12.1 Å². The fourth-order valence-corrected chi connectivity index (χ4v) is 2.99. The molecule has 6 heteroatoms. The van der Waals surface area contributed by atoms with Crippen molar-refractivity contribution in [3.8, 4) is 0 Å². The maximum absolute atomic E-state index is 12.4. The molecule has 1 heterocycles. The Morgan fingerprint density at radius 2 is 1.93 bits per heavy atom. The molecule has 1 N–H and O–H groups in total. The van der Waals surface area contributed by atoms with Crippen LogP contribution in [-0.2, 0) is 16.0 Å². The van der Waals surface area contributed by atoms with E-state index in [1.807, 2.05) is 49.4 Å². The first kappa shape index (κ1) is 18.9. The lowest BCUT2D eigenvalue weighted by Crippen LogP contribution is -2.30. The third-order valence-electron chi connectivity index (χ3n) is 4.02. The average molecular weight is 383 g/mol. The molecule has 3 rings (SSSR count). The number of hydrogen-bond acceptors (Lipinski definition) is 4. The highest BCUT2D eigenvalue weighted by Gasteiger charge is 2.14. The highest BCUT2D eigenvalue weighted by atomic mass is 35.5. The smallest absolute Gasteiger partial charge is 0.339 e. The van der Waals surface area contributed by atoms with Crippen molar-refractivity contribution in [1.29, 1.82) is 0 Å². The second-order valence-corrected chi connectivity index (χ2v) is 6.57. The van der Waals surface area contributed by atoms with Gasteiger partial charge < -0.3 is 10.1 Å². The van der Waals surface area contributed by atoms with Crippen molar-refractivity contribution >= 4 is 34.4 Å². The number of rotatable bonds is 6. The predicted molar refractivity (Wildman–Crippen MR) is 105 cm³/mol. The van der Waals surface area contributed by atoms with Gasteiger partial charge in [-0.2, -0.15) is 0 Å². The third kappa shape index (κ3) is 5.05. The van der Waals surface area contributed by atoms with Crippen LogP contribution in [0.3, 0.4) is 0 Å². The zero-order valence-corrected chi connectivity index (χ0v) is 15.6. The summed E-state index contributed by atoms with van der Waals surface area (Å²) in [5.41, 5.74) is 2.87. The fourth-order valence-electron chi connectivity index (χ4n) is 2.78. The molecular weight excluding hydrogens is 364 g/mol. The van der Waals surface area contributed by atoms with Crippen LogP contribution in [0.2, 0.25) is 5.02 Å². The molecule has 0 atom stereocenters. The van der Waals surface area contributed by atoms with Crippen LogP contribution >= 0.6 is 11.6 Å². The van der Waals surface area contributed by atoms with Crippen molar-refractivity contribution in [2.75, 3.05) is 13.2 Å². The Morgan fingerprint density at radius 1 is 1.11 bits per heavy atom. The summed E-state index contributed by atoms with van der Waals surface area (Å²) in [7, 11) is 0. The van der Waals surface area contributed by atoms with Crippen molar-refractivity contribution in [2.45, 2.75) is 13.3 Å². The number of halogens is 1. The minimum atomic E-state index is -0.540. The lowest BCUT2D eigenvalue weighted by molar-refractivity contribution is -0.124. The summed E-state index contributed by atoms with van der Waals surface area (Å²) >= 11 is 5.93. The zero-order chi connectivity index (χ0) is 19.2. The van der Waals surface area contributed by atoms with Gasteiger partial charge in [0, 0.05) is 22.6 Å². The number of pyridine rings is 1. The Kier molecular flexibility index (Phi) is 6.04. The number of benzene rings is 2. The van der Waals surface area contributed by atoms with Gasteiger partial charge in [0.2, 0.25) is 0 Å². The van der Waals surface area contributed by atoms with Crippen LogP contribution in [0, 0.1) is 6.92 Å². The van der Waals surface area contributed by atoms with Crippen molar-refractivity contribution in [3.05, 3.63) is 76.4 Å². The first-order valence-corrected chi connectivity index (χ1v) is 8.95. The summed E-state index contributed by atoms with van der Waals surface area (Å²) in [6, 6.07) is 16.5. The SMILES string of the molecule is Cc1cc(C(=O)OCC(=O)NCCc2cccc(Cl)c2)c2ccccc2n1. The summed E-state index contributed by atoms with van der Waals surface area (Å²) in [6.45, 7) is 1.92. The number of carbonyl (C=O) groups is 2. The van der Waals surface area contributed by atoms with Gasteiger partial charge in [-0.1, -0.05) is 41.9 Å². The van der Waals surface area contributed by atoms with E-state index in [0.717, 1.165) is 11.1 Å². The zero-order valence-electron chi connectivity index (χ0n) is 14.9. The quantitative estimate of drug-likeness (QED) is 0.660. The van der Waals surface area contributed by atoms with Gasteiger partial charge >= 0.3 is 5.97 Å². The molecule has 1 amide bonds. The number of nitrogens with zero attached hydrogens (tertiary/aromatic N) is 1. The first-order chi connectivity index (χ1) is 13.0. The monoisotopic (exact) mass is 382 g/mol. The minimum absolute atomic E-state index is 0.329. The molecule has 2 aromatic carbocycles. The molecule has 0 aliphatic heterocycles. The number of esters is 1. The molecule has 5 nitrogen and oxygen atoms in total. The normalized spacial score (nSPS) is 10.6. The molecule has 0 fully saturated rings. The molecule has 0 aliphatic rings. The van der Waals surface area contributed by atoms with Crippen LogP contribution in [0.4, 0.5) is 0 Å². The molecule has 3 aromatic rings. The van der Waals surface area contributed by atoms with E-state index >= 15 is 0 Å². The van der Waals surface area contributed by atoms with E-state index in [4.69, 9.17) is 16.3 Å². The topological polar surface area (TPSA) is 68.3 Å². The third-order valence-corrected chi connectivity index (χ3v) is 4.26.